The van der Waals surface area contributed by atoms with Gasteiger partial charge in [-0.15, -0.1) is 0 Å². The average molecular weight is 385 g/mol. The predicted molar refractivity (Wildman–Crippen MR) is 107 cm³/mol. The number of aromatic nitrogens is 2. The zero-order valence-electron chi connectivity index (χ0n) is 15.2. The van der Waals surface area contributed by atoms with Gasteiger partial charge in [-0.2, -0.15) is 5.10 Å². The van der Waals surface area contributed by atoms with Crippen molar-refractivity contribution in [1.82, 2.24) is 9.78 Å². The van der Waals surface area contributed by atoms with Gasteiger partial charge in [0.1, 0.15) is 5.75 Å². The monoisotopic (exact) mass is 384 g/mol. The highest BCUT2D eigenvalue weighted by Gasteiger charge is 2.18. The van der Waals surface area contributed by atoms with E-state index in [1.54, 1.807) is 48.5 Å². The number of aryl methyl sites for hydroxylation is 1. The van der Waals surface area contributed by atoms with Gasteiger partial charge in [0.15, 0.2) is 5.69 Å². The Labute approximate surface area is 162 Å². The molecule has 3 rings (SSSR count). The molecule has 140 valence electrons. The van der Waals surface area contributed by atoms with E-state index in [-0.39, 0.29) is 11.3 Å². The maximum atomic E-state index is 12.7. The van der Waals surface area contributed by atoms with Crippen LogP contribution in [0.15, 0.2) is 53.3 Å². The van der Waals surface area contributed by atoms with Crippen molar-refractivity contribution in [3.05, 3.63) is 69.6 Å². The summed E-state index contributed by atoms with van der Waals surface area (Å²) in [4.78, 5) is 25.4. The summed E-state index contributed by atoms with van der Waals surface area (Å²) >= 11 is 5.95. The number of fused-ring (bicyclic) bond motifs is 1. The molecule has 0 radical (unpaired) electrons. The van der Waals surface area contributed by atoms with Crippen molar-refractivity contribution in [2.75, 3.05) is 0 Å². The van der Waals surface area contributed by atoms with Crippen molar-refractivity contribution >= 4 is 28.3 Å². The highest BCUT2D eigenvalue weighted by Crippen LogP contribution is 2.20. The molecule has 0 atom stereocenters. The lowest BCUT2D eigenvalue weighted by Gasteiger charge is -2.11. The molecule has 0 saturated heterocycles. The van der Waals surface area contributed by atoms with Crippen LogP contribution >= 0.6 is 11.6 Å². The van der Waals surface area contributed by atoms with E-state index in [9.17, 15) is 9.59 Å². The van der Waals surface area contributed by atoms with Crippen LogP contribution in [0.5, 0.6) is 5.75 Å². The van der Waals surface area contributed by atoms with Gasteiger partial charge < -0.3 is 4.74 Å². The van der Waals surface area contributed by atoms with E-state index in [2.05, 4.69) is 12.0 Å². The van der Waals surface area contributed by atoms with Crippen LogP contribution < -0.4 is 10.3 Å². The van der Waals surface area contributed by atoms with E-state index in [0.29, 0.717) is 28.1 Å². The Morgan fingerprint density at radius 3 is 2.59 bits per heavy atom. The van der Waals surface area contributed by atoms with Gasteiger partial charge in [0.25, 0.3) is 5.56 Å². The second-order valence-electron chi connectivity index (χ2n) is 6.33. The van der Waals surface area contributed by atoms with Crippen molar-refractivity contribution in [3.63, 3.8) is 0 Å². The minimum Gasteiger partial charge on any atom is -0.422 e. The Morgan fingerprint density at radius 2 is 1.85 bits per heavy atom. The number of hydrogen-bond donors (Lipinski definition) is 0. The number of carbonyl (C=O) groups excluding carboxylic acids is 1. The summed E-state index contributed by atoms with van der Waals surface area (Å²) in [5.41, 5.74) is -0.0675. The zero-order chi connectivity index (χ0) is 19.2. The molecule has 0 aliphatic carbocycles. The lowest BCUT2D eigenvalue weighted by Crippen LogP contribution is -2.27. The Kier molecular flexibility index (Phi) is 6.24. The molecule has 0 spiro atoms. The van der Waals surface area contributed by atoms with Crippen molar-refractivity contribution in [1.29, 1.82) is 0 Å². The Bertz CT molecular complexity index is 1010. The summed E-state index contributed by atoms with van der Waals surface area (Å²) in [5, 5.41) is 5.73. The van der Waals surface area contributed by atoms with Crippen molar-refractivity contribution < 1.29 is 9.53 Å². The van der Waals surface area contributed by atoms with Gasteiger partial charge in [-0.3, -0.25) is 4.79 Å². The number of rotatable bonds is 7. The molecule has 0 aliphatic rings. The standard InChI is InChI=1S/C21H21ClN2O3/c1-2-3-4-7-13-24-20(25)18-12-6-5-11-17(18)19(23-24)21(26)27-16-10-8-9-15(22)14-16/h5-6,8-12,14H,2-4,7,13H2,1H3. The highest BCUT2D eigenvalue weighted by atomic mass is 35.5. The van der Waals surface area contributed by atoms with Gasteiger partial charge in [0.2, 0.25) is 0 Å². The summed E-state index contributed by atoms with van der Waals surface area (Å²) in [6.07, 6.45) is 4.06. The van der Waals surface area contributed by atoms with Gasteiger partial charge in [-0.1, -0.05) is 62.1 Å². The molecule has 2 aromatic carbocycles. The number of esters is 1. The number of unbranched alkanes of at least 4 members (excludes halogenated alkanes) is 3. The minimum absolute atomic E-state index is 0.126. The number of hydrogen-bond acceptors (Lipinski definition) is 4. The van der Waals surface area contributed by atoms with Crippen LogP contribution in [0.3, 0.4) is 0 Å². The normalized spacial score (nSPS) is 10.9. The predicted octanol–water partition coefficient (Wildman–Crippen LogP) is 4.85. The second kappa shape index (κ2) is 8.82. The molecule has 1 heterocycles. The van der Waals surface area contributed by atoms with Crippen LogP contribution in [0.25, 0.3) is 10.8 Å². The fourth-order valence-electron chi connectivity index (χ4n) is 2.91. The lowest BCUT2D eigenvalue weighted by molar-refractivity contribution is 0.0728. The molecule has 1 aromatic heterocycles. The summed E-state index contributed by atoms with van der Waals surface area (Å²) in [6.45, 7) is 2.60. The van der Waals surface area contributed by atoms with Crippen molar-refractivity contribution in [2.24, 2.45) is 0 Å². The summed E-state index contributed by atoms with van der Waals surface area (Å²) < 4.78 is 6.79. The van der Waals surface area contributed by atoms with E-state index in [0.717, 1.165) is 25.7 Å². The van der Waals surface area contributed by atoms with E-state index in [1.807, 2.05) is 0 Å². The molecule has 0 amide bonds. The number of benzene rings is 2. The van der Waals surface area contributed by atoms with Gasteiger partial charge in [0.05, 0.1) is 5.39 Å². The molecule has 0 fully saturated rings. The zero-order valence-corrected chi connectivity index (χ0v) is 15.9. The van der Waals surface area contributed by atoms with Crippen LogP contribution in [0, 0.1) is 0 Å². The number of carbonyl (C=O) groups is 1. The third kappa shape index (κ3) is 4.55. The number of halogens is 1. The molecular weight excluding hydrogens is 364 g/mol. The molecule has 0 N–H and O–H groups in total. The SMILES string of the molecule is CCCCCCn1nc(C(=O)Oc2cccc(Cl)c2)c2ccccc2c1=O. The summed E-state index contributed by atoms with van der Waals surface area (Å²) in [7, 11) is 0. The number of ether oxygens (including phenoxy) is 1. The van der Waals surface area contributed by atoms with Gasteiger partial charge in [-0.25, -0.2) is 9.48 Å². The Balaban J connectivity index is 1.96. The second-order valence-corrected chi connectivity index (χ2v) is 6.77. The Morgan fingerprint density at radius 1 is 1.07 bits per heavy atom. The first-order valence-corrected chi connectivity index (χ1v) is 9.45. The fraction of sp³-hybridized carbons (Fsp3) is 0.286. The van der Waals surface area contributed by atoms with Gasteiger partial charge in [-0.05, 0) is 30.7 Å². The molecule has 0 saturated carbocycles. The third-order valence-electron chi connectivity index (χ3n) is 4.29. The first-order valence-electron chi connectivity index (χ1n) is 9.07. The van der Waals surface area contributed by atoms with Crippen LogP contribution in [-0.4, -0.2) is 15.7 Å². The maximum absolute atomic E-state index is 12.7. The lowest BCUT2D eigenvalue weighted by atomic mass is 10.1. The quantitative estimate of drug-likeness (QED) is 0.332. The van der Waals surface area contributed by atoms with E-state index >= 15 is 0 Å². The van der Waals surface area contributed by atoms with E-state index in [1.165, 1.54) is 4.68 Å². The first-order chi connectivity index (χ1) is 13.1. The van der Waals surface area contributed by atoms with Crippen molar-refractivity contribution in [2.45, 2.75) is 39.2 Å². The molecular formula is C21H21ClN2O3. The molecule has 0 aliphatic heterocycles. The van der Waals surface area contributed by atoms with E-state index in [4.69, 9.17) is 16.3 Å². The smallest absolute Gasteiger partial charge is 0.364 e. The van der Waals surface area contributed by atoms with E-state index < -0.39 is 5.97 Å². The summed E-state index contributed by atoms with van der Waals surface area (Å²) in [6, 6.07) is 13.6. The molecule has 0 bridgehead atoms. The van der Waals surface area contributed by atoms with Crippen LogP contribution in [-0.2, 0) is 6.54 Å². The maximum Gasteiger partial charge on any atom is 0.364 e. The third-order valence-corrected chi connectivity index (χ3v) is 4.53. The van der Waals surface area contributed by atoms with Crippen LogP contribution in [0.4, 0.5) is 0 Å². The Hall–Kier alpha value is -2.66. The van der Waals surface area contributed by atoms with Crippen LogP contribution in [0.1, 0.15) is 43.1 Å². The molecule has 5 nitrogen and oxygen atoms in total. The largest absolute Gasteiger partial charge is 0.422 e. The summed E-state index contributed by atoms with van der Waals surface area (Å²) in [5.74, 6) is -0.283. The average Bonchev–Trinajstić information content (AvgIpc) is 2.67. The topological polar surface area (TPSA) is 61.2 Å². The van der Waals surface area contributed by atoms with Gasteiger partial charge >= 0.3 is 5.97 Å². The van der Waals surface area contributed by atoms with Crippen molar-refractivity contribution in [3.8, 4) is 5.75 Å². The van der Waals surface area contributed by atoms with Crippen LogP contribution in [0.2, 0.25) is 5.02 Å². The highest BCUT2D eigenvalue weighted by molar-refractivity contribution is 6.30. The molecule has 6 heteroatoms. The molecule has 0 unspecified atom stereocenters. The molecule has 3 aromatic rings. The fourth-order valence-corrected chi connectivity index (χ4v) is 3.09. The first kappa shape index (κ1) is 19.1. The molecule has 27 heavy (non-hydrogen) atoms. The van der Waals surface area contributed by atoms with Gasteiger partial charge in [0, 0.05) is 17.0 Å². The minimum atomic E-state index is -0.615. The number of nitrogens with zero attached hydrogens (tertiary/aromatic N) is 2.